The number of hydrogen-bond acceptors (Lipinski definition) is 6. The molecule has 2 aromatic heterocycles. The number of likely N-dealkylation sites (tertiary alicyclic amines) is 1. The Morgan fingerprint density at radius 2 is 2.05 bits per heavy atom. The summed E-state index contributed by atoms with van der Waals surface area (Å²) in [5, 5.41) is 9.05. The van der Waals surface area contributed by atoms with Crippen LogP contribution in [0.25, 0.3) is 11.3 Å². The largest absolute Gasteiger partial charge is 0.444 e. The summed E-state index contributed by atoms with van der Waals surface area (Å²) in [7, 11) is 0. The van der Waals surface area contributed by atoms with Crippen LogP contribution in [0.3, 0.4) is 0 Å². The molecule has 3 heterocycles. The molecule has 0 radical (unpaired) electrons. The predicted molar refractivity (Wildman–Crippen MR) is 138 cm³/mol. The highest BCUT2D eigenvalue weighted by atomic mass is 19.3. The summed E-state index contributed by atoms with van der Waals surface area (Å²) in [5.74, 6) is 0.179. The van der Waals surface area contributed by atoms with E-state index in [4.69, 9.17) is 21.3 Å². The van der Waals surface area contributed by atoms with E-state index in [0.29, 0.717) is 41.7 Å². The van der Waals surface area contributed by atoms with E-state index in [9.17, 15) is 18.4 Å². The van der Waals surface area contributed by atoms with Crippen LogP contribution in [-0.2, 0) is 11.3 Å². The second kappa shape index (κ2) is 8.52. The molecule has 10 nitrogen and oxygen atoms in total. The number of piperidine rings is 1. The van der Waals surface area contributed by atoms with Gasteiger partial charge in [-0.25, -0.2) is 18.3 Å². The summed E-state index contributed by atoms with van der Waals surface area (Å²) in [6, 6.07) is 6.16. The molecule has 206 valence electrons. The lowest BCUT2D eigenvalue weighted by atomic mass is 9.80. The van der Waals surface area contributed by atoms with Crippen molar-refractivity contribution in [3.8, 4) is 11.3 Å². The van der Waals surface area contributed by atoms with Gasteiger partial charge in [-0.3, -0.25) is 9.48 Å². The van der Waals surface area contributed by atoms with Gasteiger partial charge in [-0.1, -0.05) is 18.2 Å². The highest BCUT2D eigenvalue weighted by Crippen LogP contribution is 2.79. The van der Waals surface area contributed by atoms with Crippen LogP contribution in [0.4, 0.5) is 19.4 Å². The Bertz CT molecular complexity index is 1480. The zero-order chi connectivity index (χ0) is 27.9. The van der Waals surface area contributed by atoms with Gasteiger partial charge in [-0.05, 0) is 50.7 Å². The monoisotopic (exact) mass is 539 g/mol. The van der Waals surface area contributed by atoms with Gasteiger partial charge in [0, 0.05) is 35.8 Å². The third-order valence-electron chi connectivity index (χ3n) is 8.25. The molecule has 3 fully saturated rings. The second-order valence-corrected chi connectivity index (χ2v) is 11.9. The number of carbonyl (C=O) groups is 2. The third-order valence-corrected chi connectivity index (χ3v) is 8.25. The van der Waals surface area contributed by atoms with Gasteiger partial charge in [0.15, 0.2) is 0 Å². The number of primary amides is 1. The van der Waals surface area contributed by atoms with Gasteiger partial charge in [0.05, 0.1) is 18.8 Å². The normalized spacial score (nSPS) is 25.3. The van der Waals surface area contributed by atoms with Gasteiger partial charge in [0.1, 0.15) is 22.7 Å². The standard InChI is InChI=1S/C27H31F2N7O3/c1-26(2,3)39-25(38)34-12-17-20-18(8-27(17,20)13-34)36-23(30)19(24(31)37)21(33-36)16-9-32-35(11-16)10-14-5-4-6-15(7-14)22(28)29/h4-7,9,11,17-18,20,22H,8,10,12-13,30H2,1-3H3,(H2,31,37)/t17?,18-,20-,27+/m1/s1. The number of halogens is 2. The highest BCUT2D eigenvalue weighted by Gasteiger charge is 2.79. The summed E-state index contributed by atoms with van der Waals surface area (Å²) in [6.07, 6.45) is 1.20. The maximum Gasteiger partial charge on any atom is 0.410 e. The summed E-state index contributed by atoms with van der Waals surface area (Å²) >= 11 is 0. The number of nitrogens with two attached hydrogens (primary N) is 2. The number of hydrogen-bond donors (Lipinski definition) is 2. The van der Waals surface area contributed by atoms with Crippen LogP contribution in [0.5, 0.6) is 0 Å². The lowest BCUT2D eigenvalue weighted by molar-refractivity contribution is 0.0190. The van der Waals surface area contributed by atoms with Gasteiger partial charge < -0.3 is 21.1 Å². The molecule has 12 heteroatoms. The van der Waals surface area contributed by atoms with E-state index < -0.39 is 17.9 Å². The average Bonchev–Trinajstić information content (AvgIpc) is 3.33. The van der Waals surface area contributed by atoms with Crippen LogP contribution in [0.15, 0.2) is 36.7 Å². The number of fused-ring (bicyclic) bond motifs is 1. The van der Waals surface area contributed by atoms with E-state index in [2.05, 4.69) is 5.10 Å². The van der Waals surface area contributed by atoms with Crippen LogP contribution >= 0.6 is 0 Å². The number of nitrogens with zero attached hydrogens (tertiary/aromatic N) is 5. The minimum atomic E-state index is -2.56. The molecule has 4 N–H and O–H groups in total. The van der Waals surface area contributed by atoms with Crippen molar-refractivity contribution in [1.29, 1.82) is 0 Å². The first-order chi connectivity index (χ1) is 18.4. The van der Waals surface area contributed by atoms with Crippen molar-refractivity contribution in [1.82, 2.24) is 24.5 Å². The Morgan fingerprint density at radius 3 is 2.72 bits per heavy atom. The van der Waals surface area contributed by atoms with Crippen molar-refractivity contribution in [2.75, 3.05) is 18.8 Å². The smallest absolute Gasteiger partial charge is 0.410 e. The number of anilines is 1. The maximum absolute atomic E-state index is 13.1. The second-order valence-electron chi connectivity index (χ2n) is 11.9. The Kier molecular flexibility index (Phi) is 5.53. The van der Waals surface area contributed by atoms with Gasteiger partial charge in [-0.2, -0.15) is 10.2 Å². The van der Waals surface area contributed by atoms with E-state index in [1.807, 2.05) is 20.8 Å². The molecule has 0 bridgehead atoms. The van der Waals surface area contributed by atoms with E-state index in [1.54, 1.807) is 38.8 Å². The fourth-order valence-corrected chi connectivity index (χ4v) is 6.58. The number of benzene rings is 1. The molecule has 2 amide bonds. The summed E-state index contributed by atoms with van der Waals surface area (Å²) in [6.45, 7) is 7.10. The molecule has 2 saturated carbocycles. The van der Waals surface area contributed by atoms with Crippen molar-refractivity contribution < 1.29 is 23.1 Å². The number of rotatable bonds is 6. The summed E-state index contributed by atoms with van der Waals surface area (Å²) in [4.78, 5) is 26.7. The molecule has 6 rings (SSSR count). The van der Waals surface area contributed by atoms with E-state index in [1.165, 1.54) is 12.1 Å². The molecule has 1 aromatic carbocycles. The van der Waals surface area contributed by atoms with E-state index >= 15 is 0 Å². The highest BCUT2D eigenvalue weighted by molar-refractivity contribution is 6.03. The van der Waals surface area contributed by atoms with Crippen LogP contribution < -0.4 is 11.5 Å². The molecular weight excluding hydrogens is 508 g/mol. The van der Waals surface area contributed by atoms with Gasteiger partial charge in [-0.15, -0.1) is 0 Å². The van der Waals surface area contributed by atoms with Crippen molar-refractivity contribution in [3.63, 3.8) is 0 Å². The van der Waals surface area contributed by atoms with Crippen LogP contribution in [0.2, 0.25) is 0 Å². The Hall–Kier alpha value is -3.96. The van der Waals surface area contributed by atoms with Crippen LogP contribution in [-0.4, -0.2) is 55.2 Å². The van der Waals surface area contributed by atoms with Gasteiger partial charge >= 0.3 is 6.09 Å². The lowest BCUT2D eigenvalue weighted by Gasteiger charge is -2.37. The zero-order valence-electron chi connectivity index (χ0n) is 22.0. The first-order valence-corrected chi connectivity index (χ1v) is 12.9. The van der Waals surface area contributed by atoms with Gasteiger partial charge in [0.2, 0.25) is 0 Å². The molecule has 3 aromatic rings. The Morgan fingerprint density at radius 1 is 1.28 bits per heavy atom. The number of nitrogen functional groups attached to an aromatic ring is 1. The van der Waals surface area contributed by atoms with Crippen LogP contribution in [0.1, 0.15) is 61.1 Å². The van der Waals surface area contributed by atoms with Gasteiger partial charge in [0.25, 0.3) is 12.3 Å². The maximum atomic E-state index is 13.1. The van der Waals surface area contributed by atoms with Crippen LogP contribution in [0, 0.1) is 17.3 Å². The molecule has 1 spiro atoms. The number of aromatic nitrogens is 4. The molecule has 2 aliphatic carbocycles. The van der Waals surface area contributed by atoms with E-state index in [0.717, 1.165) is 6.42 Å². The average molecular weight is 540 g/mol. The third kappa shape index (κ3) is 4.12. The number of alkyl halides is 2. The van der Waals surface area contributed by atoms with Crippen molar-refractivity contribution in [2.24, 2.45) is 23.0 Å². The molecule has 1 saturated heterocycles. The number of amides is 2. The molecule has 3 aliphatic rings. The predicted octanol–water partition coefficient (Wildman–Crippen LogP) is 3.84. The number of ether oxygens (including phenoxy) is 1. The Balaban J connectivity index is 1.20. The number of carbonyl (C=O) groups excluding carboxylic acids is 2. The van der Waals surface area contributed by atoms with E-state index in [-0.39, 0.29) is 41.0 Å². The molecule has 1 unspecified atom stereocenters. The molecule has 39 heavy (non-hydrogen) atoms. The summed E-state index contributed by atoms with van der Waals surface area (Å²) < 4.78 is 35.0. The Labute approximate surface area is 223 Å². The quantitative estimate of drug-likeness (QED) is 0.489. The minimum absolute atomic E-state index is 0.00904. The fraction of sp³-hybridized carbons (Fsp3) is 0.481. The first-order valence-electron chi connectivity index (χ1n) is 12.9. The topological polar surface area (TPSA) is 134 Å². The molecule has 1 aliphatic heterocycles. The minimum Gasteiger partial charge on any atom is -0.444 e. The molecule has 4 atom stereocenters. The zero-order valence-corrected chi connectivity index (χ0v) is 22.0. The van der Waals surface area contributed by atoms with Crippen molar-refractivity contribution in [2.45, 2.75) is 51.8 Å². The SMILES string of the molecule is CC(C)(C)OC(=O)N1CC2[C@@H]3[C@H](n4nc(-c5cnn(Cc6cccc(C(F)F)c6)c5)c(C(N)=O)c4N)C[C@]23C1. The fourth-order valence-electron chi connectivity index (χ4n) is 6.58. The first kappa shape index (κ1) is 25.3. The van der Waals surface area contributed by atoms with Crippen molar-refractivity contribution in [3.05, 3.63) is 53.3 Å². The summed E-state index contributed by atoms with van der Waals surface area (Å²) in [5.41, 5.74) is 13.3. The lowest BCUT2D eigenvalue weighted by Crippen LogP contribution is -2.42. The molecular formula is C27H31F2N7O3. The van der Waals surface area contributed by atoms with Crippen molar-refractivity contribution >= 4 is 17.8 Å².